The zero-order valence-corrected chi connectivity index (χ0v) is 23.8. The molecule has 9 heteroatoms. The summed E-state index contributed by atoms with van der Waals surface area (Å²) in [5.41, 5.74) is -4.73. The number of carbonyl (C=O) groups is 3. The highest BCUT2D eigenvalue weighted by atomic mass is 79.9. The molecule has 0 amide bonds. The van der Waals surface area contributed by atoms with Crippen molar-refractivity contribution < 1.29 is 39.2 Å². The van der Waals surface area contributed by atoms with Crippen LogP contribution in [0.15, 0.2) is 23.3 Å². The summed E-state index contributed by atoms with van der Waals surface area (Å²) in [4.78, 5) is 38.6. The van der Waals surface area contributed by atoms with Gasteiger partial charge in [-0.1, -0.05) is 55.3 Å². The Morgan fingerprint density at radius 3 is 2.43 bits per heavy atom. The van der Waals surface area contributed by atoms with Crippen molar-refractivity contribution in [2.24, 2.45) is 29.1 Å². The molecule has 0 aromatic rings. The topological polar surface area (TPSA) is 130 Å². The van der Waals surface area contributed by atoms with Crippen molar-refractivity contribution >= 4 is 33.7 Å². The van der Waals surface area contributed by atoms with Gasteiger partial charge < -0.3 is 24.8 Å². The molecule has 8 nitrogen and oxygen atoms in total. The number of ether oxygens (including phenoxy) is 2. The van der Waals surface area contributed by atoms with Gasteiger partial charge in [-0.2, -0.15) is 0 Å². The number of hydrogen-bond acceptors (Lipinski definition) is 8. The number of Topliss-reactive ketones (excluding diaryl/α,β-unsaturated/α-hetero) is 1. The summed E-state index contributed by atoms with van der Waals surface area (Å²) in [6, 6.07) is 0. The molecule has 0 spiro atoms. The minimum Gasteiger partial charge on any atom is -0.458 e. The lowest BCUT2D eigenvalue weighted by Crippen LogP contribution is -2.66. The fourth-order valence-corrected chi connectivity index (χ4v) is 8.20. The summed E-state index contributed by atoms with van der Waals surface area (Å²) < 4.78 is 12.1. The van der Waals surface area contributed by atoms with Crippen molar-refractivity contribution in [3.8, 4) is 0 Å². The largest absolute Gasteiger partial charge is 0.458 e. The van der Waals surface area contributed by atoms with E-state index in [1.54, 1.807) is 26.0 Å². The van der Waals surface area contributed by atoms with Gasteiger partial charge in [-0.15, -0.1) is 0 Å². The Labute approximate surface area is 226 Å². The molecule has 37 heavy (non-hydrogen) atoms. The number of esters is 2. The van der Waals surface area contributed by atoms with Crippen LogP contribution in [0.2, 0.25) is 0 Å². The van der Waals surface area contributed by atoms with Gasteiger partial charge >= 0.3 is 11.9 Å². The van der Waals surface area contributed by atoms with Crippen molar-refractivity contribution in [3.63, 3.8) is 0 Å². The summed E-state index contributed by atoms with van der Waals surface area (Å²) in [5, 5.41) is 35.3. The molecule has 0 saturated heterocycles. The van der Waals surface area contributed by atoms with E-state index < -0.39 is 69.7 Å². The average Bonchev–Trinajstić information content (AvgIpc) is 3.24. The molecule has 0 radical (unpaired) electrons. The summed E-state index contributed by atoms with van der Waals surface area (Å²) in [5.74, 6) is -4.36. The van der Waals surface area contributed by atoms with Gasteiger partial charge in [0.2, 0.25) is 0 Å². The number of ketones is 1. The minimum absolute atomic E-state index is 0.113. The van der Waals surface area contributed by atoms with Crippen molar-refractivity contribution in [2.45, 2.75) is 89.6 Å². The molecule has 2 saturated carbocycles. The zero-order chi connectivity index (χ0) is 27.6. The van der Waals surface area contributed by atoms with E-state index >= 15 is 0 Å². The second kappa shape index (κ2) is 9.57. The number of carbonyl (C=O) groups excluding carboxylic acids is 3. The smallest absolute Gasteiger partial charge is 0.306 e. The number of halogens is 1. The van der Waals surface area contributed by atoms with E-state index in [0.29, 0.717) is 17.6 Å². The summed E-state index contributed by atoms with van der Waals surface area (Å²) in [7, 11) is 0. The Morgan fingerprint density at radius 2 is 1.84 bits per heavy atom. The predicted molar refractivity (Wildman–Crippen MR) is 139 cm³/mol. The SMILES string of the molecule is CC(=O)O[C@@]12[C@H](OC(=O)CCCCCBr)[C@@H](C)[C@@]3(O)[C@@H](C=C(CO)C[C@]4(O)C(=O)C(C)=C[C@@H]34)[C@@H]1C2(C)C. The lowest BCUT2D eigenvalue weighted by atomic mass is 9.59. The van der Waals surface area contributed by atoms with Crippen LogP contribution >= 0.6 is 15.9 Å². The van der Waals surface area contributed by atoms with Crippen molar-refractivity contribution in [1.82, 2.24) is 0 Å². The first kappa shape index (κ1) is 28.5. The lowest BCUT2D eigenvalue weighted by Gasteiger charge is -2.53. The monoisotopic (exact) mass is 582 g/mol. The van der Waals surface area contributed by atoms with Gasteiger partial charge in [0.1, 0.15) is 11.7 Å². The number of rotatable bonds is 8. The summed E-state index contributed by atoms with van der Waals surface area (Å²) >= 11 is 3.39. The zero-order valence-electron chi connectivity index (χ0n) is 22.3. The fourth-order valence-electron chi connectivity index (χ4n) is 7.80. The van der Waals surface area contributed by atoms with Crippen LogP contribution in [0.3, 0.4) is 0 Å². The summed E-state index contributed by atoms with van der Waals surface area (Å²) in [6.45, 7) is 8.10. The molecule has 0 aromatic heterocycles. The first-order valence-corrected chi connectivity index (χ1v) is 14.3. The van der Waals surface area contributed by atoms with Crippen molar-refractivity contribution in [1.29, 1.82) is 0 Å². The Morgan fingerprint density at radius 1 is 1.16 bits per heavy atom. The Balaban J connectivity index is 1.83. The molecule has 4 aliphatic carbocycles. The molecule has 0 bridgehead atoms. The maximum Gasteiger partial charge on any atom is 0.306 e. The van der Waals surface area contributed by atoms with Gasteiger partial charge in [-0.25, -0.2) is 0 Å². The summed E-state index contributed by atoms with van der Waals surface area (Å²) in [6.07, 6.45) is 4.89. The van der Waals surface area contributed by atoms with Gasteiger partial charge in [0.05, 0.1) is 12.2 Å². The number of fused-ring (bicyclic) bond motifs is 5. The van der Waals surface area contributed by atoms with Crippen LogP contribution in [0.25, 0.3) is 0 Å². The number of unbranched alkanes of at least 4 members (excludes halogenated alkanes) is 2. The molecule has 0 aliphatic heterocycles. The number of alkyl halides is 1. The highest BCUT2D eigenvalue weighted by Crippen LogP contribution is 2.77. The molecule has 3 N–H and O–H groups in total. The molecule has 4 rings (SSSR count). The van der Waals surface area contributed by atoms with E-state index in [0.717, 1.165) is 18.2 Å². The van der Waals surface area contributed by atoms with E-state index in [-0.39, 0.29) is 19.4 Å². The molecule has 8 atom stereocenters. The molecule has 206 valence electrons. The number of aliphatic hydroxyl groups excluding tert-OH is 1. The quantitative estimate of drug-likeness (QED) is 0.172. The second-order valence-electron chi connectivity index (χ2n) is 11.9. The predicted octanol–water partition coefficient (Wildman–Crippen LogP) is 3.01. The first-order valence-electron chi connectivity index (χ1n) is 13.2. The number of hydrogen-bond donors (Lipinski definition) is 3. The van der Waals surface area contributed by atoms with Gasteiger partial charge in [-0.3, -0.25) is 14.4 Å². The Bertz CT molecular complexity index is 1050. The van der Waals surface area contributed by atoms with E-state index in [9.17, 15) is 29.7 Å². The lowest BCUT2D eigenvalue weighted by molar-refractivity contribution is -0.228. The third kappa shape index (κ3) is 3.98. The molecular formula is C28H39BrO8. The van der Waals surface area contributed by atoms with Gasteiger partial charge in [0, 0.05) is 54.2 Å². The average molecular weight is 584 g/mol. The molecule has 0 heterocycles. The molecule has 0 aromatic carbocycles. The molecule has 2 fully saturated rings. The van der Waals surface area contributed by atoms with E-state index in [1.807, 2.05) is 13.8 Å². The van der Waals surface area contributed by atoms with Crippen molar-refractivity contribution in [2.75, 3.05) is 11.9 Å². The third-order valence-corrected chi connectivity index (χ3v) is 10.1. The van der Waals surface area contributed by atoms with Gasteiger partial charge in [-0.05, 0) is 30.9 Å². The molecular weight excluding hydrogens is 544 g/mol. The van der Waals surface area contributed by atoms with E-state index in [2.05, 4.69) is 15.9 Å². The van der Waals surface area contributed by atoms with Gasteiger partial charge in [0.25, 0.3) is 0 Å². The maximum atomic E-state index is 13.2. The van der Waals surface area contributed by atoms with E-state index in [1.165, 1.54) is 6.92 Å². The highest BCUT2D eigenvalue weighted by Gasteiger charge is 2.87. The van der Waals surface area contributed by atoms with E-state index in [4.69, 9.17) is 9.47 Å². The van der Waals surface area contributed by atoms with Crippen LogP contribution in [-0.4, -0.2) is 67.9 Å². The Hall–Kier alpha value is -1.55. The first-order chi connectivity index (χ1) is 17.2. The Kier molecular flexibility index (Phi) is 7.36. The molecule has 0 unspecified atom stereocenters. The number of aliphatic hydroxyl groups is 3. The van der Waals surface area contributed by atoms with Crippen LogP contribution in [0.1, 0.15) is 66.7 Å². The van der Waals surface area contributed by atoms with Crippen molar-refractivity contribution in [3.05, 3.63) is 23.3 Å². The van der Waals surface area contributed by atoms with Gasteiger partial charge in [0.15, 0.2) is 11.4 Å². The molecule has 4 aliphatic rings. The fraction of sp³-hybridized carbons (Fsp3) is 0.750. The second-order valence-corrected chi connectivity index (χ2v) is 12.7. The minimum atomic E-state index is -1.93. The highest BCUT2D eigenvalue weighted by molar-refractivity contribution is 9.09. The van der Waals surface area contributed by atoms with Crippen LogP contribution in [0.5, 0.6) is 0 Å². The van der Waals surface area contributed by atoms with Crippen LogP contribution < -0.4 is 0 Å². The van der Waals surface area contributed by atoms with Crippen LogP contribution in [0, 0.1) is 29.1 Å². The van der Waals surface area contributed by atoms with Crippen LogP contribution in [-0.2, 0) is 23.9 Å². The standard InChI is InChI=1S/C28H39BrO8/c1-15-11-20-26(34,23(15)33)13-18(14-30)12-19-22-25(4,5)28(22,37-17(3)31)24(16(2)27(19,20)35)36-21(32)9-7-6-8-10-29/h11-12,16,19-20,22,24,30,34-35H,6-10,13-14H2,1-5H3/t16-,19+,20-,22-,24-,26-,27-,28-/m1/s1. The maximum absolute atomic E-state index is 13.2. The van der Waals surface area contributed by atoms with Crippen LogP contribution in [0.4, 0.5) is 0 Å². The normalized spacial score (nSPS) is 41.4. The third-order valence-electron chi connectivity index (χ3n) is 9.54.